The summed E-state index contributed by atoms with van der Waals surface area (Å²) in [6.07, 6.45) is 1.94. The Kier molecular flexibility index (Phi) is 3.11. The first kappa shape index (κ1) is 9.83. The van der Waals surface area contributed by atoms with Crippen molar-refractivity contribution in [3.63, 3.8) is 0 Å². The Morgan fingerprint density at radius 1 is 1.62 bits per heavy atom. The number of carboxylic acid groups (broad SMARTS) is 1. The van der Waals surface area contributed by atoms with Crippen LogP contribution in [0.5, 0.6) is 0 Å². The van der Waals surface area contributed by atoms with E-state index in [4.69, 9.17) is 5.11 Å². The molecule has 1 saturated carbocycles. The number of hydrogen-bond acceptors (Lipinski definition) is 3. The molecule has 0 heterocycles. The van der Waals surface area contributed by atoms with Gasteiger partial charge in [-0.05, 0) is 12.3 Å². The van der Waals surface area contributed by atoms with Crippen LogP contribution in [-0.4, -0.2) is 30.3 Å². The number of amides is 1. The fourth-order valence-corrected chi connectivity index (χ4v) is 1.11. The zero-order chi connectivity index (χ0) is 9.84. The maximum Gasteiger partial charge on any atom is 0.407 e. The summed E-state index contributed by atoms with van der Waals surface area (Å²) in [5.74, 6) is -0.546. The molecule has 5 nitrogen and oxygen atoms in total. The van der Waals surface area contributed by atoms with E-state index in [9.17, 15) is 9.59 Å². The number of hydrogen-bond donors (Lipinski definition) is 2. The number of carbonyl (C=O) groups excluding carboxylic acids is 1. The van der Waals surface area contributed by atoms with E-state index in [2.05, 4.69) is 10.1 Å². The molecule has 1 unspecified atom stereocenters. The van der Waals surface area contributed by atoms with Crippen LogP contribution in [-0.2, 0) is 9.53 Å². The van der Waals surface area contributed by atoms with E-state index in [1.807, 2.05) is 0 Å². The number of carbonyl (C=O) groups is 2. The second-order valence-corrected chi connectivity index (χ2v) is 3.21. The largest absolute Gasteiger partial charge is 0.480 e. The number of rotatable bonds is 4. The summed E-state index contributed by atoms with van der Waals surface area (Å²) in [5.41, 5.74) is 0. The van der Waals surface area contributed by atoms with Crippen LogP contribution >= 0.6 is 0 Å². The lowest BCUT2D eigenvalue weighted by atomic mass is 10.1. The summed E-state index contributed by atoms with van der Waals surface area (Å²) in [6.45, 7) is 0. The van der Waals surface area contributed by atoms with Gasteiger partial charge in [0.05, 0.1) is 7.11 Å². The third kappa shape index (κ3) is 3.31. The highest BCUT2D eigenvalue weighted by atomic mass is 16.5. The van der Waals surface area contributed by atoms with Gasteiger partial charge in [-0.15, -0.1) is 0 Å². The average Bonchev–Trinajstić information content (AvgIpc) is 2.86. The molecule has 0 bridgehead atoms. The summed E-state index contributed by atoms with van der Waals surface area (Å²) in [4.78, 5) is 21.4. The lowest BCUT2D eigenvalue weighted by Gasteiger charge is -2.12. The maximum atomic E-state index is 10.7. The molecule has 0 saturated heterocycles. The van der Waals surface area contributed by atoms with E-state index in [1.165, 1.54) is 7.11 Å². The van der Waals surface area contributed by atoms with Crippen molar-refractivity contribution < 1.29 is 19.4 Å². The number of nitrogens with one attached hydrogen (secondary N) is 1. The fourth-order valence-electron chi connectivity index (χ4n) is 1.11. The predicted molar refractivity (Wildman–Crippen MR) is 44.3 cm³/mol. The zero-order valence-corrected chi connectivity index (χ0v) is 7.45. The molecule has 5 heteroatoms. The fraction of sp³-hybridized carbons (Fsp3) is 0.750. The van der Waals surface area contributed by atoms with Gasteiger partial charge in [0, 0.05) is 0 Å². The smallest absolute Gasteiger partial charge is 0.407 e. The van der Waals surface area contributed by atoms with Crippen LogP contribution in [0.3, 0.4) is 0 Å². The van der Waals surface area contributed by atoms with Crippen LogP contribution in [0.25, 0.3) is 0 Å². The van der Waals surface area contributed by atoms with Crippen molar-refractivity contribution in [2.45, 2.75) is 25.3 Å². The van der Waals surface area contributed by atoms with Crippen LogP contribution in [0.4, 0.5) is 4.79 Å². The second kappa shape index (κ2) is 4.11. The van der Waals surface area contributed by atoms with Gasteiger partial charge in [0.25, 0.3) is 0 Å². The van der Waals surface area contributed by atoms with E-state index >= 15 is 0 Å². The van der Waals surface area contributed by atoms with Crippen molar-refractivity contribution in [2.24, 2.45) is 5.92 Å². The molecule has 74 valence electrons. The number of carboxylic acids is 1. The quantitative estimate of drug-likeness (QED) is 0.675. The molecule has 1 fully saturated rings. The molecule has 0 aromatic carbocycles. The lowest BCUT2D eigenvalue weighted by molar-refractivity contribution is -0.139. The first-order chi connectivity index (χ1) is 6.13. The van der Waals surface area contributed by atoms with E-state index in [0.717, 1.165) is 12.8 Å². The number of aliphatic carboxylic acids is 1. The molecule has 1 amide bonds. The van der Waals surface area contributed by atoms with Crippen LogP contribution in [0.2, 0.25) is 0 Å². The number of ether oxygens (including phenoxy) is 1. The van der Waals surface area contributed by atoms with Crippen LogP contribution in [0.1, 0.15) is 19.3 Å². The zero-order valence-electron chi connectivity index (χ0n) is 7.45. The number of alkyl carbamates (subject to hydrolysis) is 1. The summed E-state index contributed by atoms with van der Waals surface area (Å²) in [7, 11) is 1.21. The molecule has 2 N–H and O–H groups in total. The second-order valence-electron chi connectivity index (χ2n) is 3.21. The monoisotopic (exact) mass is 187 g/mol. The first-order valence-corrected chi connectivity index (χ1v) is 4.20. The van der Waals surface area contributed by atoms with E-state index in [1.54, 1.807) is 0 Å². The minimum Gasteiger partial charge on any atom is -0.480 e. The molecule has 0 radical (unpaired) electrons. The van der Waals surface area contributed by atoms with Gasteiger partial charge in [-0.25, -0.2) is 9.59 Å². The molecular weight excluding hydrogens is 174 g/mol. The minimum atomic E-state index is -1.00. The van der Waals surface area contributed by atoms with Gasteiger partial charge in [-0.1, -0.05) is 12.8 Å². The van der Waals surface area contributed by atoms with Gasteiger partial charge in [0.2, 0.25) is 0 Å². The summed E-state index contributed by atoms with van der Waals surface area (Å²) in [5, 5.41) is 11.0. The molecule has 0 aliphatic heterocycles. The third-order valence-corrected chi connectivity index (χ3v) is 2.04. The van der Waals surface area contributed by atoms with Crippen molar-refractivity contribution in [3.8, 4) is 0 Å². The Balaban J connectivity index is 2.36. The normalized spacial score (nSPS) is 17.6. The van der Waals surface area contributed by atoms with E-state index in [0.29, 0.717) is 12.3 Å². The maximum absolute atomic E-state index is 10.7. The summed E-state index contributed by atoms with van der Waals surface area (Å²) < 4.78 is 4.32. The molecule has 0 spiro atoms. The average molecular weight is 187 g/mol. The van der Waals surface area contributed by atoms with Crippen LogP contribution in [0.15, 0.2) is 0 Å². The van der Waals surface area contributed by atoms with Crippen LogP contribution in [0, 0.1) is 5.92 Å². The van der Waals surface area contributed by atoms with Gasteiger partial charge < -0.3 is 15.2 Å². The Hall–Kier alpha value is -1.26. The molecule has 1 aliphatic carbocycles. The molecule has 1 rings (SSSR count). The Bertz CT molecular complexity index is 212. The van der Waals surface area contributed by atoms with E-state index in [-0.39, 0.29) is 0 Å². The lowest BCUT2D eigenvalue weighted by Crippen LogP contribution is -2.41. The van der Waals surface area contributed by atoms with Crippen molar-refractivity contribution >= 4 is 12.1 Å². The minimum absolute atomic E-state index is 0.457. The Morgan fingerprint density at radius 3 is 2.62 bits per heavy atom. The molecule has 1 aliphatic rings. The van der Waals surface area contributed by atoms with Crippen molar-refractivity contribution in [2.75, 3.05) is 7.11 Å². The van der Waals surface area contributed by atoms with Gasteiger partial charge in [0.15, 0.2) is 0 Å². The van der Waals surface area contributed by atoms with Gasteiger partial charge >= 0.3 is 12.1 Å². The molecule has 0 aromatic heterocycles. The first-order valence-electron chi connectivity index (χ1n) is 4.20. The molecule has 13 heavy (non-hydrogen) atoms. The highest BCUT2D eigenvalue weighted by molar-refractivity contribution is 5.79. The van der Waals surface area contributed by atoms with Crippen molar-refractivity contribution in [1.82, 2.24) is 5.32 Å². The Morgan fingerprint density at radius 2 is 2.23 bits per heavy atom. The van der Waals surface area contributed by atoms with Crippen LogP contribution < -0.4 is 5.32 Å². The molecule has 1 atom stereocenters. The van der Waals surface area contributed by atoms with E-state index < -0.39 is 18.1 Å². The van der Waals surface area contributed by atoms with Gasteiger partial charge in [-0.2, -0.15) is 0 Å². The molecule has 0 aromatic rings. The van der Waals surface area contributed by atoms with Crippen molar-refractivity contribution in [1.29, 1.82) is 0 Å². The topological polar surface area (TPSA) is 75.6 Å². The highest BCUT2D eigenvalue weighted by Crippen LogP contribution is 2.33. The number of methoxy groups -OCH3 is 1. The van der Waals surface area contributed by atoms with Gasteiger partial charge in [0.1, 0.15) is 6.04 Å². The highest BCUT2D eigenvalue weighted by Gasteiger charge is 2.30. The predicted octanol–water partition coefficient (Wildman–Crippen LogP) is 0.596. The standard InChI is InChI=1S/C8H13NO4/c1-13-8(12)9-6(7(10)11)4-5-2-3-5/h5-6H,2-4H2,1H3,(H,9,12)(H,10,11). The summed E-state index contributed by atoms with van der Waals surface area (Å²) >= 11 is 0. The van der Waals surface area contributed by atoms with Gasteiger partial charge in [-0.3, -0.25) is 0 Å². The Labute approximate surface area is 76.1 Å². The van der Waals surface area contributed by atoms with Crippen molar-refractivity contribution in [3.05, 3.63) is 0 Å². The SMILES string of the molecule is COC(=O)NC(CC1CC1)C(=O)O. The third-order valence-electron chi connectivity index (χ3n) is 2.04. The molecular formula is C8H13NO4. The summed E-state index contributed by atoms with van der Waals surface area (Å²) in [6, 6.07) is -0.806.